The van der Waals surface area contributed by atoms with Crippen LogP contribution in [-0.4, -0.2) is 40.6 Å². The Morgan fingerprint density at radius 1 is 1.35 bits per heavy atom. The maximum atomic E-state index is 13.4. The van der Waals surface area contributed by atoms with Gasteiger partial charge in [0, 0.05) is 25.2 Å². The summed E-state index contributed by atoms with van der Waals surface area (Å²) in [4.78, 5) is 7.09. The lowest BCUT2D eigenvalue weighted by Gasteiger charge is -2.32. The number of imidazole rings is 1. The molecule has 0 bridgehead atoms. The van der Waals surface area contributed by atoms with Gasteiger partial charge in [0.2, 0.25) is 0 Å². The Balaban J connectivity index is 0.00000132. The van der Waals surface area contributed by atoms with Gasteiger partial charge >= 0.3 is 0 Å². The summed E-state index contributed by atoms with van der Waals surface area (Å²) in [5.74, 6) is 0.817. The van der Waals surface area contributed by atoms with Gasteiger partial charge in [0.25, 0.3) is 0 Å². The number of likely N-dealkylation sites (tertiary alicyclic amines) is 1. The Kier molecular flexibility index (Phi) is 7.74. The second kappa shape index (κ2) is 8.83. The first kappa shape index (κ1) is 20.2. The molecule has 130 valence electrons. The largest absolute Gasteiger partial charge is 0.327 e. The molecule has 4 nitrogen and oxygen atoms in total. The summed E-state index contributed by atoms with van der Waals surface area (Å²) in [5.41, 5.74) is 1.78. The number of fused-ring (bicyclic) bond motifs is 1. The Labute approximate surface area is 149 Å². The summed E-state index contributed by atoms with van der Waals surface area (Å²) < 4.78 is 15.6. The minimum absolute atomic E-state index is 0. The first-order valence-electron chi connectivity index (χ1n) is 7.75. The van der Waals surface area contributed by atoms with E-state index in [1.54, 1.807) is 0 Å². The van der Waals surface area contributed by atoms with Gasteiger partial charge < -0.3 is 9.88 Å². The van der Waals surface area contributed by atoms with E-state index in [4.69, 9.17) is 0 Å². The zero-order valence-corrected chi connectivity index (χ0v) is 15.2. The second-order valence-corrected chi connectivity index (χ2v) is 5.77. The van der Waals surface area contributed by atoms with E-state index < -0.39 is 0 Å². The maximum absolute atomic E-state index is 13.4. The standard InChI is InChI=1S/C16H23FN4.2ClH/c1-3-21-15-7-6-12(17)9-14(15)19-16(21)11-20-8-4-5-13(10-20)18-2;;/h6-7,9,13,18H,3-5,8,10-11H2,1-2H3;2*1H. The lowest BCUT2D eigenvalue weighted by Crippen LogP contribution is -2.44. The molecule has 1 atom stereocenters. The third-order valence-electron chi connectivity index (χ3n) is 4.38. The van der Waals surface area contributed by atoms with Crippen LogP contribution in [0.5, 0.6) is 0 Å². The quantitative estimate of drug-likeness (QED) is 0.906. The smallest absolute Gasteiger partial charge is 0.125 e. The molecule has 23 heavy (non-hydrogen) atoms. The van der Waals surface area contributed by atoms with Gasteiger partial charge in [0.15, 0.2) is 0 Å². The number of halogens is 3. The molecule has 2 heterocycles. The zero-order valence-electron chi connectivity index (χ0n) is 13.6. The van der Waals surface area contributed by atoms with Gasteiger partial charge in [-0.05, 0) is 45.5 Å². The summed E-state index contributed by atoms with van der Waals surface area (Å²) in [6.45, 7) is 5.97. The summed E-state index contributed by atoms with van der Waals surface area (Å²) in [6, 6.07) is 5.43. The van der Waals surface area contributed by atoms with Crippen molar-refractivity contribution in [2.75, 3.05) is 20.1 Å². The van der Waals surface area contributed by atoms with Crippen LogP contribution >= 0.6 is 24.8 Å². The molecule has 0 amide bonds. The van der Waals surface area contributed by atoms with E-state index in [1.807, 2.05) is 13.1 Å². The van der Waals surface area contributed by atoms with Crippen molar-refractivity contribution in [3.05, 3.63) is 29.8 Å². The number of hydrogen-bond donors (Lipinski definition) is 1. The van der Waals surface area contributed by atoms with Crippen molar-refractivity contribution in [1.82, 2.24) is 19.8 Å². The Morgan fingerprint density at radius 2 is 2.13 bits per heavy atom. The predicted octanol–water partition coefficient (Wildman–Crippen LogP) is 3.22. The molecule has 0 saturated carbocycles. The fraction of sp³-hybridized carbons (Fsp3) is 0.562. The van der Waals surface area contributed by atoms with Crippen LogP contribution in [0.4, 0.5) is 4.39 Å². The van der Waals surface area contributed by atoms with Crippen LogP contribution in [-0.2, 0) is 13.1 Å². The molecule has 1 unspecified atom stereocenters. The highest BCUT2D eigenvalue weighted by Crippen LogP contribution is 2.20. The molecule has 7 heteroatoms. The van der Waals surface area contributed by atoms with Gasteiger partial charge in [-0.2, -0.15) is 0 Å². The van der Waals surface area contributed by atoms with Crippen molar-refractivity contribution in [1.29, 1.82) is 0 Å². The van der Waals surface area contributed by atoms with Crippen molar-refractivity contribution in [3.8, 4) is 0 Å². The van der Waals surface area contributed by atoms with E-state index in [-0.39, 0.29) is 30.6 Å². The molecular formula is C16H25Cl2FN4. The van der Waals surface area contributed by atoms with Crippen LogP contribution < -0.4 is 5.32 Å². The first-order valence-corrected chi connectivity index (χ1v) is 7.75. The molecule has 0 spiro atoms. The van der Waals surface area contributed by atoms with E-state index in [1.165, 1.54) is 25.0 Å². The SMILES string of the molecule is CCn1c(CN2CCCC(NC)C2)nc2cc(F)ccc21.Cl.Cl. The second-order valence-electron chi connectivity index (χ2n) is 5.77. The third kappa shape index (κ3) is 4.35. The summed E-state index contributed by atoms with van der Waals surface area (Å²) in [5, 5.41) is 3.36. The van der Waals surface area contributed by atoms with Crippen molar-refractivity contribution in [3.63, 3.8) is 0 Å². The fourth-order valence-electron chi connectivity index (χ4n) is 3.26. The van der Waals surface area contributed by atoms with Crippen LogP contribution in [0.15, 0.2) is 18.2 Å². The number of aromatic nitrogens is 2. The van der Waals surface area contributed by atoms with Gasteiger partial charge in [-0.25, -0.2) is 9.37 Å². The Hall–Kier alpha value is -0.880. The number of benzene rings is 1. The van der Waals surface area contributed by atoms with Gasteiger partial charge in [-0.3, -0.25) is 4.90 Å². The number of rotatable bonds is 4. The Bertz CT molecular complexity index is 632. The summed E-state index contributed by atoms with van der Waals surface area (Å²) in [6.07, 6.45) is 2.45. The molecule has 1 aliphatic rings. The number of likely N-dealkylation sites (N-methyl/N-ethyl adjacent to an activating group) is 1. The van der Waals surface area contributed by atoms with Crippen LogP contribution in [0.1, 0.15) is 25.6 Å². The molecule has 2 aromatic rings. The van der Waals surface area contributed by atoms with Gasteiger partial charge in [0.1, 0.15) is 11.6 Å². The average Bonchev–Trinajstić information content (AvgIpc) is 2.83. The molecule has 3 rings (SSSR count). The number of hydrogen-bond acceptors (Lipinski definition) is 3. The van der Waals surface area contributed by atoms with Gasteiger partial charge in [0.05, 0.1) is 17.6 Å². The lowest BCUT2D eigenvalue weighted by molar-refractivity contribution is 0.182. The molecule has 1 fully saturated rings. The Morgan fingerprint density at radius 3 is 2.83 bits per heavy atom. The van der Waals surface area contributed by atoms with Crippen LogP contribution in [0.25, 0.3) is 11.0 Å². The highest BCUT2D eigenvalue weighted by molar-refractivity contribution is 5.85. The topological polar surface area (TPSA) is 33.1 Å². The van der Waals surface area contributed by atoms with E-state index >= 15 is 0 Å². The molecule has 0 radical (unpaired) electrons. The maximum Gasteiger partial charge on any atom is 0.125 e. The molecule has 1 aliphatic heterocycles. The van der Waals surface area contributed by atoms with E-state index in [0.717, 1.165) is 43.0 Å². The monoisotopic (exact) mass is 362 g/mol. The van der Waals surface area contributed by atoms with Gasteiger partial charge in [-0.15, -0.1) is 24.8 Å². The molecule has 0 aliphatic carbocycles. The highest BCUT2D eigenvalue weighted by atomic mass is 35.5. The minimum atomic E-state index is -0.219. The molecule has 1 aromatic heterocycles. The molecule has 1 aromatic carbocycles. The number of aryl methyl sites for hydroxylation is 1. The number of nitrogens with zero attached hydrogens (tertiary/aromatic N) is 3. The fourth-order valence-corrected chi connectivity index (χ4v) is 3.26. The predicted molar refractivity (Wildman–Crippen MR) is 97.2 cm³/mol. The average molecular weight is 363 g/mol. The van der Waals surface area contributed by atoms with Crippen molar-refractivity contribution < 1.29 is 4.39 Å². The zero-order chi connectivity index (χ0) is 14.8. The molecule has 1 saturated heterocycles. The van der Waals surface area contributed by atoms with Gasteiger partial charge in [-0.1, -0.05) is 0 Å². The number of piperidine rings is 1. The minimum Gasteiger partial charge on any atom is -0.327 e. The third-order valence-corrected chi connectivity index (χ3v) is 4.38. The van der Waals surface area contributed by atoms with Crippen molar-refractivity contribution >= 4 is 35.8 Å². The number of nitrogens with one attached hydrogen (secondary N) is 1. The van der Waals surface area contributed by atoms with Crippen molar-refractivity contribution in [2.45, 2.75) is 38.9 Å². The summed E-state index contributed by atoms with van der Waals surface area (Å²) >= 11 is 0. The summed E-state index contributed by atoms with van der Waals surface area (Å²) in [7, 11) is 2.03. The van der Waals surface area contributed by atoms with Crippen LogP contribution in [0.3, 0.4) is 0 Å². The molecule has 1 N–H and O–H groups in total. The van der Waals surface area contributed by atoms with Crippen molar-refractivity contribution in [2.24, 2.45) is 0 Å². The van der Waals surface area contributed by atoms with Crippen LogP contribution in [0, 0.1) is 5.82 Å². The first-order chi connectivity index (χ1) is 10.2. The van der Waals surface area contributed by atoms with E-state index in [0.29, 0.717) is 6.04 Å². The molecular weight excluding hydrogens is 338 g/mol. The highest BCUT2D eigenvalue weighted by Gasteiger charge is 2.20. The van der Waals surface area contributed by atoms with E-state index in [9.17, 15) is 4.39 Å². The lowest BCUT2D eigenvalue weighted by atomic mass is 10.1. The van der Waals surface area contributed by atoms with E-state index in [2.05, 4.69) is 26.7 Å². The van der Waals surface area contributed by atoms with Crippen LogP contribution in [0.2, 0.25) is 0 Å². The normalized spacial score (nSPS) is 18.5.